The molecule has 0 unspecified atom stereocenters. The lowest BCUT2D eigenvalue weighted by molar-refractivity contribution is 0.0907. The number of alkyl halides is 1. The van der Waals surface area contributed by atoms with E-state index in [9.17, 15) is 9.18 Å². The van der Waals surface area contributed by atoms with E-state index in [-0.39, 0.29) is 11.3 Å². The molecular weight excluding hydrogens is 245 g/mol. The molecule has 0 fully saturated rings. The fourth-order valence-corrected chi connectivity index (χ4v) is 1.83. The van der Waals surface area contributed by atoms with E-state index in [1.54, 1.807) is 0 Å². The number of phenols is 1. The highest BCUT2D eigenvalue weighted by Crippen LogP contribution is 2.17. The topological polar surface area (TPSA) is 49.3 Å². The third-order valence-corrected chi connectivity index (χ3v) is 2.56. The highest BCUT2D eigenvalue weighted by molar-refractivity contribution is 6.17. The van der Waals surface area contributed by atoms with Gasteiger partial charge >= 0.3 is 0 Å². The van der Waals surface area contributed by atoms with Crippen LogP contribution in [-0.4, -0.2) is 22.4 Å². The van der Waals surface area contributed by atoms with Gasteiger partial charge in [0.2, 0.25) is 0 Å². The molecule has 0 bridgehead atoms. The Morgan fingerprint density at radius 1 is 1.53 bits per heavy atom. The third-order valence-electron chi connectivity index (χ3n) is 2.37. The van der Waals surface area contributed by atoms with Crippen LogP contribution in [0.4, 0.5) is 4.39 Å². The van der Waals surface area contributed by atoms with Gasteiger partial charge in [-0.2, -0.15) is 0 Å². The van der Waals surface area contributed by atoms with Gasteiger partial charge in [-0.25, -0.2) is 4.39 Å². The maximum atomic E-state index is 13.4. The Morgan fingerprint density at radius 2 is 2.18 bits per heavy atom. The predicted molar refractivity (Wildman–Crippen MR) is 64.9 cm³/mol. The van der Waals surface area contributed by atoms with Crippen molar-refractivity contribution in [3.8, 4) is 5.75 Å². The summed E-state index contributed by atoms with van der Waals surface area (Å²) >= 11 is 5.61. The van der Waals surface area contributed by atoms with Gasteiger partial charge in [0.1, 0.15) is 11.6 Å². The van der Waals surface area contributed by atoms with Crippen molar-refractivity contribution >= 4 is 17.5 Å². The van der Waals surface area contributed by atoms with Crippen LogP contribution >= 0.6 is 11.6 Å². The number of carbonyl (C=O) groups is 1. The molecular formula is C12H15ClFNO2. The molecule has 0 atom stereocenters. The normalized spacial score (nSPS) is 11.3. The molecule has 1 aromatic carbocycles. The van der Waals surface area contributed by atoms with Gasteiger partial charge in [0.15, 0.2) is 0 Å². The van der Waals surface area contributed by atoms with E-state index in [0.717, 1.165) is 6.07 Å². The van der Waals surface area contributed by atoms with Crippen molar-refractivity contribution in [3.63, 3.8) is 0 Å². The lowest BCUT2D eigenvalue weighted by atomic mass is 10.0. The highest BCUT2D eigenvalue weighted by Gasteiger charge is 2.22. The number of phenolic OH excluding ortho intramolecular Hbond substituents is 1. The monoisotopic (exact) mass is 259 g/mol. The molecule has 1 rings (SSSR count). The Hall–Kier alpha value is -1.29. The largest absolute Gasteiger partial charge is 0.508 e. The van der Waals surface area contributed by atoms with Gasteiger partial charge in [-0.1, -0.05) is 0 Å². The van der Waals surface area contributed by atoms with Crippen LogP contribution in [0.15, 0.2) is 18.2 Å². The summed E-state index contributed by atoms with van der Waals surface area (Å²) in [6, 6.07) is 3.42. The fourth-order valence-electron chi connectivity index (χ4n) is 1.36. The Balaban J connectivity index is 2.83. The summed E-state index contributed by atoms with van der Waals surface area (Å²) in [5.74, 6) is -1.06. The SMILES string of the molecule is CC(C)(CCCl)NC(=O)c1ccc(O)cc1F. The smallest absolute Gasteiger partial charge is 0.254 e. The van der Waals surface area contributed by atoms with E-state index in [1.165, 1.54) is 12.1 Å². The molecule has 0 saturated heterocycles. The molecule has 1 aromatic rings. The van der Waals surface area contributed by atoms with Crippen molar-refractivity contribution in [2.24, 2.45) is 0 Å². The van der Waals surface area contributed by atoms with Crippen molar-refractivity contribution in [2.75, 3.05) is 5.88 Å². The number of rotatable bonds is 4. The first-order chi connectivity index (χ1) is 7.85. The van der Waals surface area contributed by atoms with Crippen molar-refractivity contribution in [2.45, 2.75) is 25.8 Å². The van der Waals surface area contributed by atoms with Crippen molar-refractivity contribution in [3.05, 3.63) is 29.6 Å². The maximum Gasteiger partial charge on any atom is 0.254 e. The number of amides is 1. The molecule has 3 nitrogen and oxygen atoms in total. The van der Waals surface area contributed by atoms with E-state index in [1.807, 2.05) is 13.8 Å². The summed E-state index contributed by atoms with van der Waals surface area (Å²) in [4.78, 5) is 11.8. The number of benzene rings is 1. The minimum atomic E-state index is -0.746. The summed E-state index contributed by atoms with van der Waals surface area (Å²) in [6.45, 7) is 3.62. The molecule has 0 spiro atoms. The number of halogens is 2. The number of nitrogens with one attached hydrogen (secondary N) is 1. The van der Waals surface area contributed by atoms with E-state index >= 15 is 0 Å². The second-order valence-electron chi connectivity index (χ2n) is 4.44. The molecule has 94 valence electrons. The Morgan fingerprint density at radius 3 is 2.71 bits per heavy atom. The molecule has 0 aliphatic heterocycles. The van der Waals surface area contributed by atoms with Crippen LogP contribution in [0.25, 0.3) is 0 Å². The lowest BCUT2D eigenvalue weighted by Gasteiger charge is -2.25. The van der Waals surface area contributed by atoms with Crippen LogP contribution in [0.1, 0.15) is 30.6 Å². The minimum absolute atomic E-state index is 0.0922. The van der Waals surface area contributed by atoms with Crippen LogP contribution in [0.5, 0.6) is 5.75 Å². The molecule has 17 heavy (non-hydrogen) atoms. The molecule has 0 saturated carbocycles. The quantitative estimate of drug-likeness (QED) is 0.817. The van der Waals surface area contributed by atoms with Gasteiger partial charge in [0.25, 0.3) is 5.91 Å². The summed E-state index contributed by atoms with van der Waals surface area (Å²) in [5.41, 5.74) is -0.589. The van der Waals surface area contributed by atoms with Crippen molar-refractivity contribution < 1.29 is 14.3 Å². The Bertz CT molecular complexity index is 421. The van der Waals surface area contributed by atoms with Gasteiger partial charge in [-0.05, 0) is 32.4 Å². The molecule has 0 aromatic heterocycles. The van der Waals surface area contributed by atoms with Gasteiger partial charge in [0, 0.05) is 17.5 Å². The third kappa shape index (κ3) is 3.89. The minimum Gasteiger partial charge on any atom is -0.508 e. The summed E-state index contributed by atoms with van der Waals surface area (Å²) in [6.07, 6.45) is 0.583. The molecule has 1 amide bonds. The van der Waals surface area contributed by atoms with Gasteiger partial charge < -0.3 is 10.4 Å². The predicted octanol–water partition coefficient (Wildman–Crippen LogP) is 2.67. The Labute approximate surface area is 105 Å². The molecule has 0 radical (unpaired) electrons. The van der Waals surface area contributed by atoms with Crippen LogP contribution in [-0.2, 0) is 0 Å². The van der Waals surface area contributed by atoms with E-state index < -0.39 is 17.3 Å². The van der Waals surface area contributed by atoms with E-state index in [4.69, 9.17) is 16.7 Å². The second-order valence-corrected chi connectivity index (χ2v) is 4.82. The summed E-state index contributed by atoms with van der Waals surface area (Å²) in [7, 11) is 0. The highest BCUT2D eigenvalue weighted by atomic mass is 35.5. The number of carbonyl (C=O) groups excluding carboxylic acids is 1. The zero-order chi connectivity index (χ0) is 13.1. The first kappa shape index (κ1) is 13.8. The number of hydrogen-bond donors (Lipinski definition) is 2. The fraction of sp³-hybridized carbons (Fsp3) is 0.417. The van der Waals surface area contributed by atoms with Crippen LogP contribution in [0.2, 0.25) is 0 Å². The Kier molecular flexibility index (Phi) is 4.34. The average Bonchev–Trinajstić information content (AvgIpc) is 2.15. The van der Waals surface area contributed by atoms with Gasteiger partial charge in [0.05, 0.1) is 5.56 Å². The van der Waals surface area contributed by atoms with Gasteiger partial charge in [-0.3, -0.25) is 4.79 Å². The zero-order valence-corrected chi connectivity index (χ0v) is 10.5. The molecule has 0 heterocycles. The van der Waals surface area contributed by atoms with E-state index in [0.29, 0.717) is 12.3 Å². The number of hydrogen-bond acceptors (Lipinski definition) is 2. The molecule has 0 aliphatic rings. The molecule has 5 heteroatoms. The maximum absolute atomic E-state index is 13.4. The van der Waals surface area contributed by atoms with Gasteiger partial charge in [-0.15, -0.1) is 11.6 Å². The summed E-state index contributed by atoms with van der Waals surface area (Å²) < 4.78 is 13.4. The van der Waals surface area contributed by atoms with Crippen molar-refractivity contribution in [1.29, 1.82) is 0 Å². The van der Waals surface area contributed by atoms with Crippen molar-refractivity contribution in [1.82, 2.24) is 5.32 Å². The standard InChI is InChI=1S/C12H15ClFNO2/c1-12(2,5-6-13)15-11(17)9-4-3-8(16)7-10(9)14/h3-4,7,16H,5-6H2,1-2H3,(H,15,17). The van der Waals surface area contributed by atoms with Crippen LogP contribution in [0, 0.1) is 5.82 Å². The van der Waals surface area contributed by atoms with Crippen LogP contribution < -0.4 is 5.32 Å². The first-order valence-electron chi connectivity index (χ1n) is 5.23. The zero-order valence-electron chi connectivity index (χ0n) is 9.76. The number of aromatic hydroxyl groups is 1. The average molecular weight is 260 g/mol. The molecule has 0 aliphatic carbocycles. The first-order valence-corrected chi connectivity index (χ1v) is 5.76. The summed E-state index contributed by atoms with van der Waals surface area (Å²) in [5, 5.41) is 11.7. The van der Waals surface area contributed by atoms with Crippen LogP contribution in [0.3, 0.4) is 0 Å². The lowest BCUT2D eigenvalue weighted by Crippen LogP contribution is -2.44. The van der Waals surface area contributed by atoms with E-state index in [2.05, 4.69) is 5.32 Å². The second kappa shape index (κ2) is 5.36. The molecule has 2 N–H and O–H groups in total.